The van der Waals surface area contributed by atoms with E-state index >= 15 is 0 Å². The van der Waals surface area contributed by atoms with E-state index < -0.39 is 0 Å². The maximum absolute atomic E-state index is 12.5. The van der Waals surface area contributed by atoms with E-state index in [1.54, 1.807) is 24.3 Å². The Labute approximate surface area is 214 Å². The van der Waals surface area contributed by atoms with Crippen LogP contribution in [0.1, 0.15) is 30.8 Å². The van der Waals surface area contributed by atoms with Crippen molar-refractivity contribution in [2.24, 2.45) is 0 Å². The van der Waals surface area contributed by atoms with Crippen LogP contribution in [0.5, 0.6) is 11.5 Å². The summed E-state index contributed by atoms with van der Waals surface area (Å²) in [4.78, 5) is 17.3. The Bertz CT molecular complexity index is 1310. The SMILES string of the molecule is Cc1cc(OCCCn2c(C(C)NC(=O)COc3ccc(Cl)cc3)nc3ccccc32)ccc1Cl. The summed E-state index contributed by atoms with van der Waals surface area (Å²) < 4.78 is 13.6. The molecule has 4 aromatic rings. The third-order valence-electron chi connectivity index (χ3n) is 5.56. The van der Waals surface area contributed by atoms with Gasteiger partial charge in [0.2, 0.25) is 0 Å². The van der Waals surface area contributed by atoms with Gasteiger partial charge in [-0.3, -0.25) is 4.79 Å². The van der Waals surface area contributed by atoms with Crippen LogP contribution in [0, 0.1) is 6.92 Å². The highest BCUT2D eigenvalue weighted by molar-refractivity contribution is 6.31. The van der Waals surface area contributed by atoms with Crippen molar-refractivity contribution < 1.29 is 14.3 Å². The number of hydrogen-bond acceptors (Lipinski definition) is 4. The predicted molar refractivity (Wildman–Crippen MR) is 140 cm³/mol. The van der Waals surface area contributed by atoms with Gasteiger partial charge in [-0.25, -0.2) is 4.98 Å². The van der Waals surface area contributed by atoms with E-state index in [0.717, 1.165) is 39.6 Å². The second-order valence-electron chi connectivity index (χ2n) is 8.26. The Hall–Kier alpha value is -3.22. The molecule has 182 valence electrons. The molecule has 1 unspecified atom stereocenters. The highest BCUT2D eigenvalue weighted by Gasteiger charge is 2.18. The molecule has 1 amide bonds. The first kappa shape index (κ1) is 24.9. The molecule has 0 aliphatic rings. The number of rotatable bonds is 10. The van der Waals surface area contributed by atoms with Gasteiger partial charge < -0.3 is 19.4 Å². The monoisotopic (exact) mass is 511 g/mol. The quantitative estimate of drug-likeness (QED) is 0.251. The van der Waals surface area contributed by atoms with Crippen molar-refractivity contribution in [1.29, 1.82) is 0 Å². The Kier molecular flexibility index (Phi) is 8.16. The van der Waals surface area contributed by atoms with Crippen LogP contribution in [-0.2, 0) is 11.3 Å². The number of amides is 1. The van der Waals surface area contributed by atoms with E-state index in [-0.39, 0.29) is 18.6 Å². The number of aryl methyl sites for hydroxylation is 2. The van der Waals surface area contributed by atoms with Crippen LogP contribution in [0.4, 0.5) is 0 Å². The average Bonchev–Trinajstić information content (AvgIpc) is 3.22. The summed E-state index contributed by atoms with van der Waals surface area (Å²) in [7, 11) is 0. The molecule has 35 heavy (non-hydrogen) atoms. The number of halogens is 2. The molecule has 0 saturated carbocycles. The lowest BCUT2D eigenvalue weighted by Gasteiger charge is -2.17. The third kappa shape index (κ3) is 6.47. The number of ether oxygens (including phenoxy) is 2. The van der Waals surface area contributed by atoms with Crippen LogP contribution in [0.3, 0.4) is 0 Å². The molecule has 0 aliphatic carbocycles. The van der Waals surface area contributed by atoms with Gasteiger partial charge in [-0.1, -0.05) is 35.3 Å². The molecule has 1 atom stereocenters. The van der Waals surface area contributed by atoms with Crippen LogP contribution in [-0.4, -0.2) is 28.7 Å². The molecule has 1 heterocycles. The Morgan fingerprint density at radius 1 is 1.03 bits per heavy atom. The molecule has 0 spiro atoms. The van der Waals surface area contributed by atoms with Crippen molar-refractivity contribution in [2.75, 3.05) is 13.2 Å². The number of carbonyl (C=O) groups excluding carboxylic acids is 1. The fraction of sp³-hybridized carbons (Fsp3) is 0.259. The molecule has 0 radical (unpaired) electrons. The van der Waals surface area contributed by atoms with Crippen molar-refractivity contribution in [1.82, 2.24) is 14.9 Å². The summed E-state index contributed by atoms with van der Waals surface area (Å²) in [5, 5.41) is 4.33. The fourth-order valence-corrected chi connectivity index (χ4v) is 4.05. The standard InChI is InChI=1S/C27H27Cl2N3O3/c1-18-16-22(12-13-23(18)29)34-15-5-14-32-25-7-4-3-6-24(25)31-27(32)19(2)30-26(33)17-35-21-10-8-20(28)9-11-21/h3-4,6-13,16,19H,5,14-15,17H2,1-2H3,(H,30,33). The maximum Gasteiger partial charge on any atom is 0.258 e. The molecule has 1 N–H and O–H groups in total. The van der Waals surface area contributed by atoms with Crippen molar-refractivity contribution in [3.8, 4) is 11.5 Å². The zero-order valence-electron chi connectivity index (χ0n) is 19.6. The second-order valence-corrected chi connectivity index (χ2v) is 9.10. The minimum atomic E-state index is -0.302. The molecule has 8 heteroatoms. The van der Waals surface area contributed by atoms with Gasteiger partial charge in [0.1, 0.15) is 17.3 Å². The fourth-order valence-electron chi connectivity index (χ4n) is 3.81. The molecular formula is C27H27Cl2N3O3. The van der Waals surface area contributed by atoms with E-state index in [0.29, 0.717) is 23.9 Å². The minimum Gasteiger partial charge on any atom is -0.494 e. The molecular weight excluding hydrogens is 485 g/mol. The normalized spacial score (nSPS) is 11.9. The smallest absolute Gasteiger partial charge is 0.258 e. The number of carbonyl (C=O) groups is 1. The van der Waals surface area contributed by atoms with Gasteiger partial charge in [0.15, 0.2) is 6.61 Å². The van der Waals surface area contributed by atoms with E-state index in [1.807, 2.05) is 56.3 Å². The van der Waals surface area contributed by atoms with Crippen molar-refractivity contribution in [2.45, 2.75) is 32.9 Å². The Morgan fingerprint density at radius 2 is 1.77 bits per heavy atom. The number of imidazole rings is 1. The second kappa shape index (κ2) is 11.5. The number of aromatic nitrogens is 2. The van der Waals surface area contributed by atoms with Gasteiger partial charge >= 0.3 is 0 Å². The van der Waals surface area contributed by atoms with Crippen LogP contribution in [0.2, 0.25) is 10.0 Å². The summed E-state index contributed by atoms with van der Waals surface area (Å²) in [6.07, 6.45) is 0.773. The number of benzene rings is 3. The molecule has 0 fully saturated rings. The lowest BCUT2D eigenvalue weighted by Crippen LogP contribution is -2.32. The van der Waals surface area contributed by atoms with Gasteiger partial charge in [0.05, 0.1) is 23.7 Å². The zero-order valence-corrected chi connectivity index (χ0v) is 21.1. The topological polar surface area (TPSA) is 65.4 Å². The molecule has 0 aliphatic heterocycles. The lowest BCUT2D eigenvalue weighted by molar-refractivity contribution is -0.123. The van der Waals surface area contributed by atoms with Crippen molar-refractivity contribution >= 4 is 40.1 Å². The van der Waals surface area contributed by atoms with Crippen molar-refractivity contribution in [3.63, 3.8) is 0 Å². The van der Waals surface area contributed by atoms with E-state index in [9.17, 15) is 4.79 Å². The van der Waals surface area contributed by atoms with Crippen LogP contribution in [0.25, 0.3) is 11.0 Å². The Morgan fingerprint density at radius 3 is 2.54 bits per heavy atom. The van der Waals surface area contributed by atoms with Crippen molar-refractivity contribution in [3.05, 3.63) is 88.2 Å². The van der Waals surface area contributed by atoms with E-state index in [4.69, 9.17) is 37.7 Å². The van der Waals surface area contributed by atoms with E-state index in [1.165, 1.54) is 0 Å². The number of para-hydroxylation sites is 2. The number of hydrogen-bond donors (Lipinski definition) is 1. The lowest BCUT2D eigenvalue weighted by atomic mass is 10.2. The molecule has 0 bridgehead atoms. The summed E-state index contributed by atoms with van der Waals surface area (Å²) in [5.74, 6) is 1.94. The van der Waals surface area contributed by atoms with Gasteiger partial charge in [-0.05, 0) is 80.4 Å². The molecule has 4 rings (SSSR count). The highest BCUT2D eigenvalue weighted by Crippen LogP contribution is 2.23. The first-order valence-electron chi connectivity index (χ1n) is 11.4. The van der Waals surface area contributed by atoms with Gasteiger partial charge in [0.25, 0.3) is 5.91 Å². The summed E-state index contributed by atoms with van der Waals surface area (Å²) in [6.45, 7) is 5.02. The minimum absolute atomic E-state index is 0.0967. The highest BCUT2D eigenvalue weighted by atomic mass is 35.5. The van der Waals surface area contributed by atoms with Crippen LogP contribution >= 0.6 is 23.2 Å². The summed E-state index contributed by atoms with van der Waals surface area (Å²) >= 11 is 12.0. The third-order valence-corrected chi connectivity index (χ3v) is 6.23. The molecule has 3 aromatic carbocycles. The Balaban J connectivity index is 1.38. The maximum atomic E-state index is 12.5. The van der Waals surface area contributed by atoms with E-state index in [2.05, 4.69) is 9.88 Å². The predicted octanol–water partition coefficient (Wildman–Crippen LogP) is 6.38. The van der Waals surface area contributed by atoms with Gasteiger partial charge in [0, 0.05) is 16.6 Å². The number of nitrogens with zero attached hydrogens (tertiary/aromatic N) is 2. The molecule has 0 saturated heterocycles. The molecule has 6 nitrogen and oxygen atoms in total. The first-order chi connectivity index (χ1) is 16.9. The zero-order chi connectivity index (χ0) is 24.8. The number of fused-ring (bicyclic) bond motifs is 1. The first-order valence-corrected chi connectivity index (χ1v) is 12.2. The largest absolute Gasteiger partial charge is 0.494 e. The summed E-state index contributed by atoms with van der Waals surface area (Å²) in [5.41, 5.74) is 2.88. The van der Waals surface area contributed by atoms with Gasteiger partial charge in [-0.2, -0.15) is 0 Å². The number of nitrogens with one attached hydrogen (secondary N) is 1. The average molecular weight is 512 g/mol. The van der Waals surface area contributed by atoms with Crippen LogP contribution in [0.15, 0.2) is 66.7 Å². The van der Waals surface area contributed by atoms with Gasteiger partial charge in [-0.15, -0.1) is 0 Å². The molecule has 1 aromatic heterocycles. The van der Waals surface area contributed by atoms with Crippen LogP contribution < -0.4 is 14.8 Å². The summed E-state index contributed by atoms with van der Waals surface area (Å²) in [6, 6.07) is 20.2.